The number of nitrogens with one attached hydrogen (secondary N) is 3. The van der Waals surface area contributed by atoms with Crippen LogP contribution in [-0.4, -0.2) is 69.3 Å². The summed E-state index contributed by atoms with van der Waals surface area (Å²) < 4.78 is 2.19. The zero-order chi connectivity index (χ0) is 22.1. The molecule has 1 aliphatic heterocycles. The zero-order valence-corrected chi connectivity index (χ0v) is 19.9. The minimum Gasteiger partial charge on any atom is -0.356 e. The topological polar surface area (TPSA) is 82.9 Å². The highest BCUT2D eigenvalue weighted by molar-refractivity contribution is 7.18. The third-order valence-electron chi connectivity index (χ3n) is 6.33. The first-order valence-electron chi connectivity index (χ1n) is 11.1. The first kappa shape index (κ1) is 21.8. The molecule has 8 nitrogen and oxygen atoms in total. The lowest BCUT2D eigenvalue weighted by Crippen LogP contribution is -2.47. The standard InChI is InChI=1S/C22H29ClN8S/c1-30(2)10-11-31-9-8-24-20(31)14-4-3-5-15(12-14)21-28-29-22(32-21)26-18-7-6-17-16(19(18)23)13-25-27-17/h3-5,8-9,12,16-19,25,27H,6-7,10-11,13H2,1-2H3,(H,26,29). The number of fused-ring (bicyclic) bond motifs is 1. The summed E-state index contributed by atoms with van der Waals surface area (Å²) in [6, 6.07) is 9.04. The monoisotopic (exact) mass is 472 g/mol. The molecule has 1 saturated carbocycles. The van der Waals surface area contributed by atoms with Crippen molar-refractivity contribution < 1.29 is 0 Å². The lowest BCUT2D eigenvalue weighted by molar-refractivity contribution is 0.320. The van der Waals surface area contributed by atoms with E-state index in [1.165, 1.54) is 0 Å². The van der Waals surface area contributed by atoms with Gasteiger partial charge in [-0.05, 0) is 33.0 Å². The molecule has 1 aromatic carbocycles. The van der Waals surface area contributed by atoms with Crippen LogP contribution in [0.5, 0.6) is 0 Å². The van der Waals surface area contributed by atoms with Crippen LogP contribution in [0.4, 0.5) is 5.13 Å². The summed E-state index contributed by atoms with van der Waals surface area (Å²) in [5, 5.41) is 14.2. The highest BCUT2D eigenvalue weighted by Crippen LogP contribution is 2.35. The summed E-state index contributed by atoms with van der Waals surface area (Å²) in [5.41, 5.74) is 8.70. The average molecular weight is 473 g/mol. The molecule has 0 bridgehead atoms. The van der Waals surface area contributed by atoms with Crippen LogP contribution in [0.15, 0.2) is 36.7 Å². The second-order valence-corrected chi connectivity index (χ2v) is 10.3. The van der Waals surface area contributed by atoms with E-state index in [-0.39, 0.29) is 11.4 Å². The molecule has 4 atom stereocenters. The fourth-order valence-electron chi connectivity index (χ4n) is 4.55. The SMILES string of the molecule is CN(C)CCn1ccnc1-c1cccc(-c2nnc(NC3CCC4NNCC4C3Cl)s2)c1. The van der Waals surface area contributed by atoms with Crippen molar-refractivity contribution >= 4 is 28.1 Å². The predicted molar refractivity (Wildman–Crippen MR) is 130 cm³/mol. The molecule has 2 fully saturated rings. The molecule has 0 amide bonds. The van der Waals surface area contributed by atoms with Gasteiger partial charge in [0.1, 0.15) is 10.8 Å². The molecule has 170 valence electrons. The summed E-state index contributed by atoms with van der Waals surface area (Å²) in [5.74, 6) is 1.40. The molecular formula is C22H29ClN8S. The molecule has 1 saturated heterocycles. The summed E-state index contributed by atoms with van der Waals surface area (Å²) in [4.78, 5) is 6.77. The second kappa shape index (κ2) is 9.44. The summed E-state index contributed by atoms with van der Waals surface area (Å²) in [7, 11) is 4.16. The van der Waals surface area contributed by atoms with E-state index < -0.39 is 0 Å². The van der Waals surface area contributed by atoms with Gasteiger partial charge >= 0.3 is 0 Å². The summed E-state index contributed by atoms with van der Waals surface area (Å²) in [6.07, 6.45) is 6.01. The van der Waals surface area contributed by atoms with Crippen molar-refractivity contribution in [2.45, 2.75) is 36.8 Å². The lowest BCUT2D eigenvalue weighted by atomic mass is 9.82. The Labute approximate surface area is 197 Å². The van der Waals surface area contributed by atoms with Crippen LogP contribution in [0.1, 0.15) is 12.8 Å². The number of imidazole rings is 1. The van der Waals surface area contributed by atoms with Crippen LogP contribution in [0.2, 0.25) is 0 Å². The van der Waals surface area contributed by atoms with Crippen molar-refractivity contribution in [2.24, 2.45) is 5.92 Å². The van der Waals surface area contributed by atoms with Crippen LogP contribution in [-0.2, 0) is 6.54 Å². The summed E-state index contributed by atoms with van der Waals surface area (Å²) >= 11 is 8.37. The largest absolute Gasteiger partial charge is 0.356 e. The van der Waals surface area contributed by atoms with E-state index in [1.54, 1.807) is 11.3 Å². The first-order valence-corrected chi connectivity index (χ1v) is 12.3. The van der Waals surface area contributed by atoms with Gasteiger partial charge < -0.3 is 14.8 Å². The number of benzene rings is 1. The zero-order valence-electron chi connectivity index (χ0n) is 18.3. The van der Waals surface area contributed by atoms with Gasteiger partial charge in [-0.25, -0.2) is 4.98 Å². The van der Waals surface area contributed by atoms with Gasteiger partial charge in [0.05, 0.1) is 5.38 Å². The Morgan fingerprint density at radius 3 is 3.00 bits per heavy atom. The first-order chi connectivity index (χ1) is 15.6. The van der Waals surface area contributed by atoms with Gasteiger partial charge in [0.15, 0.2) is 0 Å². The minimum absolute atomic E-state index is 0.0629. The molecule has 10 heteroatoms. The molecule has 32 heavy (non-hydrogen) atoms. The number of hydrogen-bond donors (Lipinski definition) is 3. The molecule has 0 radical (unpaired) electrons. The van der Waals surface area contributed by atoms with E-state index in [0.29, 0.717) is 12.0 Å². The number of halogens is 1. The van der Waals surface area contributed by atoms with E-state index in [1.807, 2.05) is 12.4 Å². The number of likely N-dealkylation sites (N-methyl/N-ethyl adjacent to an activating group) is 1. The van der Waals surface area contributed by atoms with Crippen LogP contribution >= 0.6 is 22.9 Å². The molecule has 0 spiro atoms. The predicted octanol–water partition coefficient (Wildman–Crippen LogP) is 2.90. The molecule has 3 aromatic rings. The Hall–Kier alpha value is -2.04. The fraction of sp³-hybridized carbons (Fsp3) is 0.500. The third-order valence-corrected chi connectivity index (χ3v) is 7.86. The molecule has 5 rings (SSSR count). The number of nitrogens with zero attached hydrogens (tertiary/aromatic N) is 5. The molecule has 2 aliphatic rings. The van der Waals surface area contributed by atoms with E-state index in [4.69, 9.17) is 11.6 Å². The van der Waals surface area contributed by atoms with E-state index >= 15 is 0 Å². The molecule has 1 aliphatic carbocycles. The van der Waals surface area contributed by atoms with Crippen molar-refractivity contribution in [3.8, 4) is 22.0 Å². The van der Waals surface area contributed by atoms with E-state index in [0.717, 1.165) is 59.6 Å². The highest BCUT2D eigenvalue weighted by atomic mass is 35.5. The van der Waals surface area contributed by atoms with Gasteiger partial charge in [-0.1, -0.05) is 29.5 Å². The Bertz CT molecular complexity index is 1050. The van der Waals surface area contributed by atoms with E-state index in [9.17, 15) is 0 Å². The quantitative estimate of drug-likeness (QED) is 0.456. The summed E-state index contributed by atoms with van der Waals surface area (Å²) in [6.45, 7) is 2.77. The molecule has 2 aromatic heterocycles. The van der Waals surface area contributed by atoms with Crippen molar-refractivity contribution in [1.29, 1.82) is 0 Å². The van der Waals surface area contributed by atoms with Crippen LogP contribution in [0, 0.1) is 5.92 Å². The van der Waals surface area contributed by atoms with Gasteiger partial charge in [0.25, 0.3) is 0 Å². The average Bonchev–Trinajstić information content (AvgIpc) is 3.55. The van der Waals surface area contributed by atoms with Gasteiger partial charge in [-0.2, -0.15) is 0 Å². The van der Waals surface area contributed by atoms with Gasteiger partial charge in [0.2, 0.25) is 5.13 Å². The van der Waals surface area contributed by atoms with Crippen molar-refractivity contribution in [2.75, 3.05) is 32.5 Å². The van der Waals surface area contributed by atoms with Gasteiger partial charge in [0, 0.05) is 61.2 Å². The van der Waals surface area contributed by atoms with Gasteiger partial charge in [-0.3, -0.25) is 10.9 Å². The Balaban J connectivity index is 1.30. The number of rotatable bonds is 7. The Morgan fingerprint density at radius 2 is 2.12 bits per heavy atom. The van der Waals surface area contributed by atoms with Crippen LogP contribution in [0.3, 0.4) is 0 Å². The molecular weight excluding hydrogens is 444 g/mol. The van der Waals surface area contributed by atoms with Crippen LogP contribution < -0.4 is 16.2 Å². The highest BCUT2D eigenvalue weighted by Gasteiger charge is 2.41. The van der Waals surface area contributed by atoms with Crippen molar-refractivity contribution in [3.63, 3.8) is 0 Å². The third kappa shape index (κ3) is 4.53. The van der Waals surface area contributed by atoms with Crippen molar-refractivity contribution in [1.82, 2.24) is 35.5 Å². The normalized spacial score (nSPS) is 25.2. The molecule has 3 heterocycles. The van der Waals surface area contributed by atoms with Crippen LogP contribution in [0.25, 0.3) is 22.0 Å². The number of hydrazine groups is 1. The van der Waals surface area contributed by atoms with E-state index in [2.05, 4.69) is 79.2 Å². The maximum absolute atomic E-state index is 6.80. The second-order valence-electron chi connectivity index (χ2n) is 8.81. The number of anilines is 1. The maximum Gasteiger partial charge on any atom is 0.206 e. The number of hydrogen-bond acceptors (Lipinski definition) is 8. The minimum atomic E-state index is 0.0629. The van der Waals surface area contributed by atoms with Crippen molar-refractivity contribution in [3.05, 3.63) is 36.7 Å². The number of aromatic nitrogens is 4. The smallest absolute Gasteiger partial charge is 0.206 e. The molecule has 4 unspecified atom stereocenters. The fourth-order valence-corrected chi connectivity index (χ4v) is 5.81. The van der Waals surface area contributed by atoms with Gasteiger partial charge in [-0.15, -0.1) is 21.8 Å². The maximum atomic E-state index is 6.80. The number of alkyl halides is 1. The molecule has 3 N–H and O–H groups in total. The Kier molecular flexibility index (Phi) is 6.43. The lowest BCUT2D eigenvalue weighted by Gasteiger charge is -2.35. The Morgan fingerprint density at radius 1 is 1.25 bits per heavy atom.